The number of rotatable bonds is 4. The molecule has 1 aliphatic heterocycles. The predicted molar refractivity (Wildman–Crippen MR) is 99.6 cm³/mol. The van der Waals surface area contributed by atoms with E-state index in [2.05, 4.69) is 10.2 Å². The lowest BCUT2D eigenvalue weighted by Gasteiger charge is -2.43. The lowest BCUT2D eigenvalue weighted by Crippen LogP contribution is -2.56. The molecule has 2 heterocycles. The molecule has 0 fully saturated rings. The lowest BCUT2D eigenvalue weighted by atomic mass is 9.96. The van der Waals surface area contributed by atoms with Crippen molar-refractivity contribution < 1.29 is 31.1 Å². The monoisotopic (exact) mass is 471 g/mol. The van der Waals surface area contributed by atoms with Crippen molar-refractivity contribution in [2.45, 2.75) is 51.0 Å². The van der Waals surface area contributed by atoms with Gasteiger partial charge in [0.1, 0.15) is 5.82 Å². The molecule has 6 nitrogen and oxygen atoms in total. The third kappa shape index (κ3) is 4.64. The Morgan fingerprint density at radius 1 is 1.13 bits per heavy atom. The van der Waals surface area contributed by atoms with Gasteiger partial charge in [-0.25, -0.2) is 13.2 Å². The molecular weight excluding hydrogens is 452 g/mol. The molecular formula is C18H20ClF6N5O. The fraction of sp³-hybridized carbons (Fsp3) is 0.500. The Morgan fingerprint density at radius 3 is 2.35 bits per heavy atom. The van der Waals surface area contributed by atoms with Crippen LogP contribution in [0.2, 0.25) is 0 Å². The molecule has 0 aliphatic carbocycles. The van der Waals surface area contributed by atoms with Crippen molar-refractivity contribution in [2.75, 3.05) is 6.54 Å². The van der Waals surface area contributed by atoms with Gasteiger partial charge in [0.05, 0.1) is 11.6 Å². The van der Waals surface area contributed by atoms with Gasteiger partial charge < -0.3 is 15.2 Å². The summed E-state index contributed by atoms with van der Waals surface area (Å²) in [5, 5.41) is 6.84. The summed E-state index contributed by atoms with van der Waals surface area (Å²) in [6.45, 7) is 2.81. The van der Waals surface area contributed by atoms with Crippen molar-refractivity contribution in [3.63, 3.8) is 0 Å². The quantitative estimate of drug-likeness (QED) is 0.549. The highest BCUT2D eigenvalue weighted by atomic mass is 35.5. The predicted octanol–water partition coefficient (Wildman–Crippen LogP) is 3.17. The number of fused-ring (bicyclic) bond motifs is 1. The number of benzene rings is 1. The van der Waals surface area contributed by atoms with Gasteiger partial charge in [-0.15, -0.1) is 22.6 Å². The summed E-state index contributed by atoms with van der Waals surface area (Å²) in [4.78, 5) is 14.1. The molecule has 3 rings (SSSR count). The first-order valence-corrected chi connectivity index (χ1v) is 9.05. The molecule has 13 heteroatoms. The number of carbonyl (C=O) groups is 1. The smallest absolute Gasteiger partial charge is 0.327 e. The summed E-state index contributed by atoms with van der Waals surface area (Å²) in [6.07, 6.45) is -4.88. The average molecular weight is 472 g/mol. The zero-order chi connectivity index (χ0) is 22.4. The number of alkyl halides is 3. The van der Waals surface area contributed by atoms with Crippen LogP contribution in [-0.4, -0.2) is 38.2 Å². The zero-order valence-electron chi connectivity index (χ0n) is 16.5. The summed E-state index contributed by atoms with van der Waals surface area (Å²) in [7, 11) is 0. The molecule has 2 N–H and O–H groups in total. The van der Waals surface area contributed by atoms with E-state index in [1.807, 2.05) is 0 Å². The van der Waals surface area contributed by atoms with E-state index in [0.717, 1.165) is 4.57 Å². The second-order valence-electron chi connectivity index (χ2n) is 7.55. The lowest BCUT2D eigenvalue weighted by molar-refractivity contribution is -0.149. The van der Waals surface area contributed by atoms with Crippen LogP contribution in [0.1, 0.15) is 37.5 Å². The Labute approximate surface area is 179 Å². The number of halogens is 7. The van der Waals surface area contributed by atoms with Crippen molar-refractivity contribution in [1.82, 2.24) is 19.7 Å². The van der Waals surface area contributed by atoms with Crippen LogP contribution < -0.4 is 5.73 Å². The highest BCUT2D eigenvalue weighted by molar-refractivity contribution is 5.85. The van der Waals surface area contributed by atoms with Crippen LogP contribution in [0.25, 0.3) is 0 Å². The fourth-order valence-corrected chi connectivity index (χ4v) is 3.55. The summed E-state index contributed by atoms with van der Waals surface area (Å²) in [5.74, 6) is -5.26. The molecule has 1 aromatic heterocycles. The Balaban J connectivity index is 0.00000341. The average Bonchev–Trinajstić information content (AvgIpc) is 3.09. The van der Waals surface area contributed by atoms with Crippen LogP contribution in [0.15, 0.2) is 12.1 Å². The summed E-state index contributed by atoms with van der Waals surface area (Å²) in [5.41, 5.74) is 4.57. The maximum absolute atomic E-state index is 13.8. The maximum Gasteiger partial charge on any atom is 0.451 e. The first kappa shape index (κ1) is 24.9. The van der Waals surface area contributed by atoms with Gasteiger partial charge in [0.25, 0.3) is 0 Å². The molecule has 0 unspecified atom stereocenters. The molecule has 2 aromatic rings. The van der Waals surface area contributed by atoms with Crippen LogP contribution in [0, 0.1) is 17.5 Å². The van der Waals surface area contributed by atoms with E-state index in [4.69, 9.17) is 5.73 Å². The van der Waals surface area contributed by atoms with Crippen LogP contribution in [-0.2, 0) is 29.5 Å². The third-order valence-electron chi connectivity index (χ3n) is 5.17. The van der Waals surface area contributed by atoms with E-state index in [1.165, 1.54) is 18.7 Å². The van der Waals surface area contributed by atoms with E-state index < -0.39 is 46.9 Å². The van der Waals surface area contributed by atoms with Gasteiger partial charge in [-0.1, -0.05) is 0 Å². The van der Waals surface area contributed by atoms with Crippen LogP contribution in [0.4, 0.5) is 26.3 Å². The summed E-state index contributed by atoms with van der Waals surface area (Å²) < 4.78 is 80.3. The van der Waals surface area contributed by atoms with E-state index in [1.54, 1.807) is 0 Å². The standard InChI is InChI=1S/C18H19F6N5O.ClH/c1-17(2)15-26-27-16(18(22,23)24)28(15)5-6-29(17)14(30)13(25)4-3-9-7-11(20)12(21)8-10(9)19;/h7-8,13H,3-6,25H2,1-2H3;1H/t13-;/m1./s1. The highest BCUT2D eigenvalue weighted by Gasteiger charge is 2.46. The van der Waals surface area contributed by atoms with Gasteiger partial charge >= 0.3 is 6.18 Å². The number of amides is 1. The minimum Gasteiger partial charge on any atom is -0.327 e. The maximum atomic E-state index is 13.8. The van der Waals surface area contributed by atoms with E-state index in [9.17, 15) is 31.1 Å². The Kier molecular flexibility index (Phi) is 6.96. The number of nitrogens with two attached hydrogens (primary N) is 1. The van der Waals surface area contributed by atoms with Crippen LogP contribution in [0.3, 0.4) is 0 Å². The Hall–Kier alpha value is -2.34. The van der Waals surface area contributed by atoms with Gasteiger partial charge in [-0.3, -0.25) is 4.79 Å². The molecule has 0 spiro atoms. The van der Waals surface area contributed by atoms with E-state index >= 15 is 0 Å². The van der Waals surface area contributed by atoms with Crippen molar-refractivity contribution in [3.8, 4) is 0 Å². The Morgan fingerprint density at radius 2 is 1.74 bits per heavy atom. The largest absolute Gasteiger partial charge is 0.451 e. The second-order valence-corrected chi connectivity index (χ2v) is 7.55. The van der Waals surface area contributed by atoms with Gasteiger partial charge in [0.15, 0.2) is 17.5 Å². The molecule has 0 radical (unpaired) electrons. The van der Waals surface area contributed by atoms with Gasteiger partial charge in [0, 0.05) is 19.2 Å². The first-order chi connectivity index (χ1) is 13.8. The molecule has 0 saturated heterocycles. The topological polar surface area (TPSA) is 77.0 Å². The molecule has 1 aliphatic rings. The molecule has 0 saturated carbocycles. The van der Waals surface area contributed by atoms with E-state index in [0.29, 0.717) is 12.1 Å². The SMILES string of the molecule is CC1(C)c2nnc(C(F)(F)F)n2CCN1C(=O)[C@H](N)CCc1cc(F)c(F)cc1F.Cl. The zero-order valence-corrected chi connectivity index (χ0v) is 17.3. The number of aryl methyl sites for hydroxylation is 1. The van der Waals surface area contributed by atoms with E-state index in [-0.39, 0.29) is 49.7 Å². The fourth-order valence-electron chi connectivity index (χ4n) is 3.55. The minimum atomic E-state index is -4.68. The number of nitrogens with zero attached hydrogens (tertiary/aromatic N) is 4. The van der Waals surface area contributed by atoms with Crippen LogP contribution >= 0.6 is 12.4 Å². The minimum absolute atomic E-state index is 0. The number of carbonyl (C=O) groups excluding carboxylic acids is 1. The number of hydrogen-bond acceptors (Lipinski definition) is 4. The molecule has 31 heavy (non-hydrogen) atoms. The highest BCUT2D eigenvalue weighted by Crippen LogP contribution is 2.36. The van der Waals surface area contributed by atoms with Crippen molar-refractivity contribution in [1.29, 1.82) is 0 Å². The normalized spacial score (nSPS) is 16.5. The third-order valence-corrected chi connectivity index (χ3v) is 5.17. The molecule has 1 aromatic carbocycles. The van der Waals surface area contributed by atoms with Crippen molar-refractivity contribution in [3.05, 3.63) is 46.8 Å². The van der Waals surface area contributed by atoms with Gasteiger partial charge in [-0.05, 0) is 38.3 Å². The Bertz CT molecular complexity index is 977. The van der Waals surface area contributed by atoms with Crippen molar-refractivity contribution in [2.24, 2.45) is 5.73 Å². The molecule has 0 bridgehead atoms. The van der Waals surface area contributed by atoms with Gasteiger partial charge in [-0.2, -0.15) is 13.2 Å². The second kappa shape index (κ2) is 8.65. The van der Waals surface area contributed by atoms with Crippen molar-refractivity contribution >= 4 is 18.3 Å². The number of hydrogen-bond donors (Lipinski definition) is 1. The molecule has 1 atom stereocenters. The summed E-state index contributed by atoms with van der Waals surface area (Å²) in [6, 6.07) is -0.0154. The molecule has 1 amide bonds. The van der Waals surface area contributed by atoms with Crippen LogP contribution in [0.5, 0.6) is 0 Å². The number of aromatic nitrogens is 3. The summed E-state index contributed by atoms with van der Waals surface area (Å²) >= 11 is 0. The first-order valence-electron chi connectivity index (χ1n) is 9.05. The molecule has 172 valence electrons. The van der Waals surface area contributed by atoms with Gasteiger partial charge in [0.2, 0.25) is 11.7 Å².